The van der Waals surface area contributed by atoms with Crippen LogP contribution in [0.4, 0.5) is 11.4 Å². The van der Waals surface area contributed by atoms with Crippen LogP contribution in [0.25, 0.3) is 22.6 Å². The third kappa shape index (κ3) is 4.24. The highest BCUT2D eigenvalue weighted by atomic mass is 79.9. The molecule has 4 heterocycles. The van der Waals surface area contributed by atoms with Gasteiger partial charge in [0.15, 0.2) is 5.65 Å². The van der Waals surface area contributed by atoms with Crippen LogP contribution in [0.3, 0.4) is 0 Å². The summed E-state index contributed by atoms with van der Waals surface area (Å²) in [6.07, 6.45) is 4.04. The molecule has 0 radical (unpaired) electrons. The van der Waals surface area contributed by atoms with E-state index >= 15 is 0 Å². The fraction of sp³-hybridized carbons (Fsp3) is 0.409. The molecule has 2 aliphatic rings. The summed E-state index contributed by atoms with van der Waals surface area (Å²) >= 11 is 3.66. The number of hydrogen-bond acceptors (Lipinski definition) is 6. The van der Waals surface area contributed by atoms with E-state index in [1.165, 1.54) is 0 Å². The van der Waals surface area contributed by atoms with E-state index in [1.807, 2.05) is 30.5 Å². The standard InChI is InChI=1S/C22H26BrN7O/c1-29-9-6-15(7-10-29)26-19-17(23)12-25-22-20(19)27-21(28-22)14-2-4-16(5-3-14)30-11-8-24-18(31)13-30/h2-5,12,15H,6-11,13H2,1H3,(H,24,31)(H2,25,26,27,28). The molecule has 0 spiro atoms. The number of piperazine rings is 1. The van der Waals surface area contributed by atoms with Gasteiger partial charge >= 0.3 is 0 Å². The number of imidazole rings is 1. The number of anilines is 2. The number of hydrogen-bond donors (Lipinski definition) is 3. The summed E-state index contributed by atoms with van der Waals surface area (Å²) in [7, 11) is 2.17. The van der Waals surface area contributed by atoms with Crippen molar-refractivity contribution in [2.24, 2.45) is 0 Å². The lowest BCUT2D eigenvalue weighted by Gasteiger charge is -2.30. The minimum atomic E-state index is 0.0638. The molecule has 1 amide bonds. The highest BCUT2D eigenvalue weighted by Gasteiger charge is 2.21. The number of carbonyl (C=O) groups excluding carboxylic acids is 1. The smallest absolute Gasteiger partial charge is 0.239 e. The van der Waals surface area contributed by atoms with Gasteiger partial charge < -0.3 is 25.4 Å². The van der Waals surface area contributed by atoms with Gasteiger partial charge in [-0.1, -0.05) is 0 Å². The molecule has 162 valence electrons. The number of carbonyl (C=O) groups is 1. The van der Waals surface area contributed by atoms with E-state index in [4.69, 9.17) is 4.98 Å². The Morgan fingerprint density at radius 3 is 2.68 bits per heavy atom. The molecule has 0 bridgehead atoms. The SMILES string of the molecule is CN1CCC(Nc2c(Br)cnc3nc(-c4ccc(N5CCNC(=O)C5)cc4)[nH]c23)CC1. The molecule has 0 saturated carbocycles. The highest BCUT2D eigenvalue weighted by Crippen LogP contribution is 2.32. The van der Waals surface area contributed by atoms with Crippen molar-refractivity contribution in [1.82, 2.24) is 25.2 Å². The first kappa shape index (κ1) is 20.3. The van der Waals surface area contributed by atoms with E-state index in [9.17, 15) is 4.79 Å². The molecule has 9 heteroatoms. The molecular formula is C22H26BrN7O. The van der Waals surface area contributed by atoms with Crippen LogP contribution in [0, 0.1) is 0 Å². The predicted octanol–water partition coefficient (Wildman–Crippen LogP) is 2.83. The van der Waals surface area contributed by atoms with Crippen LogP contribution in [0.1, 0.15) is 12.8 Å². The third-order valence-corrected chi connectivity index (χ3v) is 6.69. The minimum absolute atomic E-state index is 0.0638. The summed E-state index contributed by atoms with van der Waals surface area (Å²) in [5.41, 5.74) is 4.67. The Morgan fingerprint density at radius 1 is 1.16 bits per heavy atom. The molecule has 2 aromatic heterocycles. The van der Waals surface area contributed by atoms with Crippen LogP contribution in [0.2, 0.25) is 0 Å². The number of fused-ring (bicyclic) bond motifs is 1. The largest absolute Gasteiger partial charge is 0.379 e. The Labute approximate surface area is 189 Å². The molecule has 1 aromatic carbocycles. The lowest BCUT2D eigenvalue weighted by molar-refractivity contribution is -0.120. The fourth-order valence-corrected chi connectivity index (χ4v) is 4.67. The number of halogens is 1. The van der Waals surface area contributed by atoms with E-state index < -0.39 is 0 Å². The predicted molar refractivity (Wildman–Crippen MR) is 126 cm³/mol. The Hall–Kier alpha value is -2.65. The van der Waals surface area contributed by atoms with Crippen molar-refractivity contribution in [2.75, 3.05) is 50.0 Å². The van der Waals surface area contributed by atoms with Gasteiger partial charge in [-0.25, -0.2) is 9.97 Å². The molecule has 0 aliphatic carbocycles. The van der Waals surface area contributed by atoms with Crippen LogP contribution >= 0.6 is 15.9 Å². The Kier molecular flexibility index (Phi) is 5.54. The van der Waals surface area contributed by atoms with Gasteiger partial charge in [0.2, 0.25) is 5.91 Å². The molecular weight excluding hydrogens is 458 g/mol. The van der Waals surface area contributed by atoms with Gasteiger partial charge in [0.05, 0.1) is 16.7 Å². The first-order chi connectivity index (χ1) is 15.1. The Morgan fingerprint density at radius 2 is 1.94 bits per heavy atom. The first-order valence-corrected chi connectivity index (χ1v) is 11.5. The van der Waals surface area contributed by atoms with E-state index in [-0.39, 0.29) is 5.91 Å². The van der Waals surface area contributed by atoms with E-state index in [0.29, 0.717) is 24.8 Å². The molecule has 8 nitrogen and oxygen atoms in total. The lowest BCUT2D eigenvalue weighted by Crippen LogP contribution is -2.47. The van der Waals surface area contributed by atoms with Gasteiger partial charge in [0, 0.05) is 36.6 Å². The zero-order chi connectivity index (χ0) is 21.4. The monoisotopic (exact) mass is 483 g/mol. The van der Waals surface area contributed by atoms with Crippen LogP contribution in [-0.2, 0) is 4.79 Å². The maximum Gasteiger partial charge on any atom is 0.239 e. The molecule has 5 rings (SSSR count). The molecule has 2 saturated heterocycles. The molecule has 3 N–H and O–H groups in total. The van der Waals surface area contributed by atoms with E-state index in [1.54, 1.807) is 0 Å². The second kappa shape index (κ2) is 8.47. The fourth-order valence-electron chi connectivity index (χ4n) is 4.26. The number of pyridine rings is 1. The molecule has 2 aliphatic heterocycles. The maximum atomic E-state index is 11.7. The normalized spacial score (nSPS) is 18.4. The topological polar surface area (TPSA) is 89.2 Å². The molecule has 0 unspecified atom stereocenters. The number of H-pyrrole nitrogens is 1. The second-order valence-corrected chi connectivity index (χ2v) is 9.16. The van der Waals surface area contributed by atoms with Crippen LogP contribution in [0.5, 0.6) is 0 Å². The van der Waals surface area contributed by atoms with Gasteiger partial charge in [-0.3, -0.25) is 4.79 Å². The Balaban J connectivity index is 1.40. The zero-order valence-corrected chi connectivity index (χ0v) is 19.1. The minimum Gasteiger partial charge on any atom is -0.379 e. The van der Waals surface area contributed by atoms with E-state index in [2.05, 4.69) is 53.4 Å². The van der Waals surface area contributed by atoms with Crippen molar-refractivity contribution in [3.63, 3.8) is 0 Å². The van der Waals surface area contributed by atoms with Crippen molar-refractivity contribution < 1.29 is 4.79 Å². The summed E-state index contributed by atoms with van der Waals surface area (Å²) in [5.74, 6) is 0.851. The molecule has 2 fully saturated rings. The number of nitrogens with zero attached hydrogens (tertiary/aromatic N) is 4. The molecule has 3 aromatic rings. The number of likely N-dealkylation sites (tertiary alicyclic amines) is 1. The average Bonchev–Trinajstić information content (AvgIpc) is 3.22. The van der Waals surface area contributed by atoms with Gasteiger partial charge in [-0.15, -0.1) is 0 Å². The Bertz CT molecular complexity index is 1090. The van der Waals surface area contributed by atoms with Crippen molar-refractivity contribution in [2.45, 2.75) is 18.9 Å². The average molecular weight is 484 g/mol. The van der Waals surface area contributed by atoms with E-state index in [0.717, 1.165) is 65.2 Å². The van der Waals surface area contributed by atoms with Crippen LogP contribution in [0.15, 0.2) is 34.9 Å². The number of piperidine rings is 1. The number of rotatable bonds is 4. The number of amides is 1. The summed E-state index contributed by atoms with van der Waals surface area (Å²) in [6.45, 7) is 4.09. The lowest BCUT2D eigenvalue weighted by atomic mass is 10.1. The number of aromatic amines is 1. The third-order valence-electron chi connectivity index (χ3n) is 6.08. The summed E-state index contributed by atoms with van der Waals surface area (Å²) in [4.78, 5) is 28.8. The second-order valence-electron chi connectivity index (χ2n) is 8.31. The van der Waals surface area contributed by atoms with Gasteiger partial charge in [0.1, 0.15) is 11.3 Å². The van der Waals surface area contributed by atoms with Crippen LogP contribution < -0.4 is 15.5 Å². The maximum absolute atomic E-state index is 11.7. The zero-order valence-electron chi connectivity index (χ0n) is 17.5. The van der Waals surface area contributed by atoms with Crippen LogP contribution in [-0.4, -0.2) is 71.6 Å². The van der Waals surface area contributed by atoms with Crippen molar-refractivity contribution in [1.29, 1.82) is 0 Å². The number of aromatic nitrogens is 3. The quantitative estimate of drug-likeness (QED) is 0.528. The van der Waals surface area contributed by atoms with Gasteiger partial charge in [-0.2, -0.15) is 0 Å². The van der Waals surface area contributed by atoms with Crippen molar-refractivity contribution in [3.05, 3.63) is 34.9 Å². The van der Waals surface area contributed by atoms with Crippen molar-refractivity contribution in [3.8, 4) is 11.4 Å². The highest BCUT2D eigenvalue weighted by molar-refractivity contribution is 9.10. The first-order valence-electron chi connectivity index (χ1n) is 10.7. The summed E-state index contributed by atoms with van der Waals surface area (Å²) in [6, 6.07) is 8.60. The summed E-state index contributed by atoms with van der Waals surface area (Å²) < 4.78 is 0.938. The molecule has 31 heavy (non-hydrogen) atoms. The van der Waals surface area contributed by atoms with Gasteiger partial charge in [-0.05, 0) is 73.2 Å². The number of nitrogens with one attached hydrogen (secondary N) is 3. The van der Waals surface area contributed by atoms with Gasteiger partial charge in [0.25, 0.3) is 0 Å². The molecule has 0 atom stereocenters. The van der Waals surface area contributed by atoms with Crippen molar-refractivity contribution >= 4 is 44.4 Å². The number of benzene rings is 1. The summed E-state index contributed by atoms with van der Waals surface area (Å²) in [5, 5.41) is 6.56.